The molecule has 0 spiro atoms. The van der Waals surface area contributed by atoms with Crippen LogP contribution in [0.15, 0.2) is 0 Å². The van der Waals surface area contributed by atoms with Crippen LogP contribution in [-0.2, 0) is 14.3 Å². The lowest BCUT2D eigenvalue weighted by Crippen LogP contribution is -2.51. The van der Waals surface area contributed by atoms with Gasteiger partial charge in [0.15, 0.2) is 0 Å². The van der Waals surface area contributed by atoms with Gasteiger partial charge in [0, 0.05) is 51.7 Å². The summed E-state index contributed by atoms with van der Waals surface area (Å²) in [6.07, 6.45) is 4.38. The fourth-order valence-electron chi connectivity index (χ4n) is 3.39. The molecule has 1 N–H and O–H groups in total. The number of hydrogen-bond donors (Lipinski definition) is 1. The number of rotatable bonds is 6. The normalized spacial score (nSPS) is 24.0. The van der Waals surface area contributed by atoms with Gasteiger partial charge in [0.25, 0.3) is 5.91 Å². The number of nitrogens with one attached hydrogen (secondary N) is 1. The Morgan fingerprint density at radius 3 is 2.65 bits per heavy atom. The molecule has 2 aliphatic heterocycles. The molecule has 1 aromatic heterocycles. The molecule has 1 atom stereocenters. The molecule has 9 heteroatoms. The SMILES string of the molecule is O=C(CCN1CCN(C(=O)C2CCCO2)CC1)Nc1nnc(C2CC2)s1. The van der Waals surface area contributed by atoms with Crippen molar-refractivity contribution in [2.45, 2.75) is 44.1 Å². The second kappa shape index (κ2) is 7.98. The van der Waals surface area contributed by atoms with Crippen LogP contribution in [0, 0.1) is 0 Å². The zero-order chi connectivity index (χ0) is 17.9. The second-order valence-corrected chi connectivity index (χ2v) is 8.20. The summed E-state index contributed by atoms with van der Waals surface area (Å²) in [5.74, 6) is 0.663. The molecule has 142 valence electrons. The number of anilines is 1. The first-order chi connectivity index (χ1) is 12.7. The Labute approximate surface area is 156 Å². The van der Waals surface area contributed by atoms with Crippen molar-refractivity contribution in [3.8, 4) is 0 Å². The highest BCUT2D eigenvalue weighted by Gasteiger charge is 2.30. The summed E-state index contributed by atoms with van der Waals surface area (Å²) in [7, 11) is 0. The van der Waals surface area contributed by atoms with Crippen molar-refractivity contribution in [1.82, 2.24) is 20.0 Å². The summed E-state index contributed by atoms with van der Waals surface area (Å²) < 4.78 is 5.48. The molecule has 2 saturated heterocycles. The first-order valence-corrected chi connectivity index (χ1v) is 10.3. The summed E-state index contributed by atoms with van der Waals surface area (Å²) in [6, 6.07) is 0. The Kier molecular flexibility index (Phi) is 5.46. The van der Waals surface area contributed by atoms with Crippen LogP contribution < -0.4 is 5.32 Å². The average molecular weight is 379 g/mol. The molecule has 3 fully saturated rings. The third-order valence-corrected chi connectivity index (χ3v) is 6.16. The molecule has 0 radical (unpaired) electrons. The second-order valence-electron chi connectivity index (χ2n) is 7.19. The fourth-order valence-corrected chi connectivity index (χ4v) is 4.32. The van der Waals surface area contributed by atoms with Gasteiger partial charge < -0.3 is 15.0 Å². The lowest BCUT2D eigenvalue weighted by atomic mass is 10.2. The molecule has 1 unspecified atom stereocenters. The van der Waals surface area contributed by atoms with E-state index in [2.05, 4.69) is 20.4 Å². The summed E-state index contributed by atoms with van der Waals surface area (Å²) in [6.45, 7) is 4.42. The van der Waals surface area contributed by atoms with Gasteiger partial charge in [-0.05, 0) is 25.7 Å². The highest BCUT2D eigenvalue weighted by molar-refractivity contribution is 7.15. The third-order valence-electron chi connectivity index (χ3n) is 5.16. The Hall–Kier alpha value is -1.58. The molecule has 1 saturated carbocycles. The fraction of sp³-hybridized carbons (Fsp3) is 0.765. The van der Waals surface area contributed by atoms with E-state index in [1.807, 2.05) is 4.90 Å². The molecule has 3 aliphatic rings. The molecular formula is C17H25N5O3S. The van der Waals surface area contributed by atoms with Crippen LogP contribution in [-0.4, -0.2) is 77.2 Å². The Morgan fingerprint density at radius 2 is 1.96 bits per heavy atom. The van der Waals surface area contributed by atoms with E-state index >= 15 is 0 Å². The summed E-state index contributed by atoms with van der Waals surface area (Å²) in [5.41, 5.74) is 0. The van der Waals surface area contributed by atoms with Gasteiger partial charge in [-0.1, -0.05) is 11.3 Å². The number of carbonyl (C=O) groups excluding carboxylic acids is 2. The molecule has 0 bridgehead atoms. The van der Waals surface area contributed by atoms with Crippen LogP contribution in [0.5, 0.6) is 0 Å². The van der Waals surface area contributed by atoms with E-state index in [4.69, 9.17) is 4.74 Å². The van der Waals surface area contributed by atoms with Crippen molar-refractivity contribution < 1.29 is 14.3 Å². The number of hydrogen-bond acceptors (Lipinski definition) is 7. The minimum absolute atomic E-state index is 0.0265. The first-order valence-electron chi connectivity index (χ1n) is 9.45. The summed E-state index contributed by atoms with van der Waals surface area (Å²) in [5, 5.41) is 12.7. The minimum atomic E-state index is -0.236. The number of nitrogens with zero attached hydrogens (tertiary/aromatic N) is 4. The van der Waals surface area contributed by atoms with E-state index in [1.165, 1.54) is 24.2 Å². The molecule has 8 nitrogen and oxygen atoms in total. The minimum Gasteiger partial charge on any atom is -0.368 e. The maximum atomic E-state index is 12.3. The van der Waals surface area contributed by atoms with Crippen LogP contribution in [0.4, 0.5) is 5.13 Å². The molecule has 3 heterocycles. The molecule has 26 heavy (non-hydrogen) atoms. The van der Waals surface area contributed by atoms with Crippen molar-refractivity contribution in [3.05, 3.63) is 5.01 Å². The third kappa shape index (κ3) is 4.39. The van der Waals surface area contributed by atoms with E-state index in [-0.39, 0.29) is 17.9 Å². The highest BCUT2D eigenvalue weighted by atomic mass is 32.1. The van der Waals surface area contributed by atoms with Crippen molar-refractivity contribution in [2.24, 2.45) is 0 Å². The quantitative estimate of drug-likeness (QED) is 0.795. The average Bonchev–Trinajstić information content (AvgIpc) is 3.17. The number of aromatic nitrogens is 2. The van der Waals surface area contributed by atoms with Gasteiger partial charge in [-0.25, -0.2) is 0 Å². The number of carbonyl (C=O) groups is 2. The number of amides is 2. The van der Waals surface area contributed by atoms with E-state index in [9.17, 15) is 9.59 Å². The number of piperazine rings is 1. The largest absolute Gasteiger partial charge is 0.368 e. The lowest BCUT2D eigenvalue weighted by molar-refractivity contribution is -0.142. The molecular weight excluding hydrogens is 354 g/mol. The van der Waals surface area contributed by atoms with Gasteiger partial charge in [-0.3, -0.25) is 14.5 Å². The summed E-state index contributed by atoms with van der Waals surface area (Å²) in [4.78, 5) is 28.6. The van der Waals surface area contributed by atoms with Crippen LogP contribution in [0.2, 0.25) is 0 Å². The molecule has 2 amide bonds. The van der Waals surface area contributed by atoms with E-state index in [0.717, 1.165) is 30.9 Å². The lowest BCUT2D eigenvalue weighted by Gasteiger charge is -2.35. The molecule has 1 aromatic rings. The van der Waals surface area contributed by atoms with Crippen LogP contribution in [0.3, 0.4) is 0 Å². The standard InChI is InChI=1S/C17H25N5O3S/c23-14(18-17-20-19-15(26-17)12-3-4-12)5-6-21-7-9-22(10-8-21)16(24)13-2-1-11-25-13/h12-13H,1-11H2,(H,18,20,23). The van der Waals surface area contributed by atoms with E-state index in [0.29, 0.717) is 43.7 Å². The predicted octanol–water partition coefficient (Wildman–Crippen LogP) is 1.07. The zero-order valence-corrected chi connectivity index (χ0v) is 15.7. The van der Waals surface area contributed by atoms with Crippen molar-refractivity contribution in [3.63, 3.8) is 0 Å². The van der Waals surface area contributed by atoms with E-state index in [1.54, 1.807) is 0 Å². The van der Waals surface area contributed by atoms with Crippen LogP contribution in [0.1, 0.15) is 43.0 Å². The zero-order valence-electron chi connectivity index (χ0n) is 14.9. The summed E-state index contributed by atoms with van der Waals surface area (Å²) >= 11 is 1.48. The smallest absolute Gasteiger partial charge is 0.251 e. The topological polar surface area (TPSA) is 87.7 Å². The van der Waals surface area contributed by atoms with Crippen molar-refractivity contribution in [1.29, 1.82) is 0 Å². The predicted molar refractivity (Wildman–Crippen MR) is 97.1 cm³/mol. The Bertz CT molecular complexity index is 649. The van der Waals surface area contributed by atoms with Crippen molar-refractivity contribution in [2.75, 3.05) is 44.6 Å². The van der Waals surface area contributed by atoms with Gasteiger partial charge in [0.1, 0.15) is 11.1 Å². The van der Waals surface area contributed by atoms with Gasteiger partial charge >= 0.3 is 0 Å². The molecule has 1 aliphatic carbocycles. The Morgan fingerprint density at radius 1 is 1.15 bits per heavy atom. The van der Waals surface area contributed by atoms with Crippen LogP contribution >= 0.6 is 11.3 Å². The highest BCUT2D eigenvalue weighted by Crippen LogP contribution is 2.42. The maximum Gasteiger partial charge on any atom is 0.251 e. The maximum absolute atomic E-state index is 12.3. The first kappa shape index (κ1) is 17.8. The van der Waals surface area contributed by atoms with Gasteiger partial charge in [-0.15, -0.1) is 10.2 Å². The van der Waals surface area contributed by atoms with Gasteiger partial charge in [-0.2, -0.15) is 0 Å². The van der Waals surface area contributed by atoms with Crippen molar-refractivity contribution >= 4 is 28.3 Å². The number of ether oxygens (including phenoxy) is 1. The van der Waals surface area contributed by atoms with Crippen LogP contribution in [0.25, 0.3) is 0 Å². The van der Waals surface area contributed by atoms with E-state index < -0.39 is 0 Å². The monoisotopic (exact) mass is 379 g/mol. The Balaban J connectivity index is 1.16. The van der Waals surface area contributed by atoms with Gasteiger partial charge in [0.05, 0.1) is 0 Å². The molecule has 0 aromatic carbocycles. The molecule has 4 rings (SSSR count). The van der Waals surface area contributed by atoms with Gasteiger partial charge in [0.2, 0.25) is 11.0 Å².